The first-order valence-electron chi connectivity index (χ1n) is 9.37. The van der Waals surface area contributed by atoms with Gasteiger partial charge in [0.25, 0.3) is 0 Å². The molecule has 0 aliphatic carbocycles. The van der Waals surface area contributed by atoms with Crippen molar-refractivity contribution in [3.05, 3.63) is 57.8 Å². The van der Waals surface area contributed by atoms with E-state index in [-0.39, 0.29) is 24.5 Å². The maximum Gasteiger partial charge on any atom is 0.249 e. The van der Waals surface area contributed by atoms with Crippen molar-refractivity contribution in [1.82, 2.24) is 9.78 Å². The molecule has 2 aliphatic heterocycles. The van der Waals surface area contributed by atoms with Crippen LogP contribution in [-0.2, 0) is 16.6 Å². The highest BCUT2D eigenvalue weighted by molar-refractivity contribution is 7.10. The topological polar surface area (TPSA) is 94.5 Å². The van der Waals surface area contributed by atoms with Crippen LogP contribution in [0.15, 0.2) is 41.8 Å². The fraction of sp³-hybridized carbons (Fsp3) is 0.190. The molecule has 2 amide bonds. The van der Waals surface area contributed by atoms with Gasteiger partial charge < -0.3 is 20.1 Å². The van der Waals surface area contributed by atoms with Crippen molar-refractivity contribution in [2.75, 3.05) is 17.4 Å². The summed E-state index contributed by atoms with van der Waals surface area (Å²) in [7, 11) is 1.74. The summed E-state index contributed by atoms with van der Waals surface area (Å²) >= 11 is 1.58. The van der Waals surface area contributed by atoms with Crippen LogP contribution in [0.25, 0.3) is 6.08 Å². The third-order valence-electron chi connectivity index (χ3n) is 5.03. The third kappa shape index (κ3) is 3.33. The number of carbonyl (C=O) groups is 2. The van der Waals surface area contributed by atoms with Crippen LogP contribution in [0.3, 0.4) is 0 Å². The van der Waals surface area contributed by atoms with Gasteiger partial charge in [0.2, 0.25) is 18.6 Å². The normalized spacial score (nSPS) is 17.1. The molecule has 9 heteroatoms. The number of aryl methyl sites for hydroxylation is 1. The minimum absolute atomic E-state index is 0.0653. The number of aromatic nitrogens is 2. The van der Waals surface area contributed by atoms with Gasteiger partial charge >= 0.3 is 0 Å². The highest BCUT2D eigenvalue weighted by Gasteiger charge is 2.33. The van der Waals surface area contributed by atoms with E-state index in [9.17, 15) is 9.59 Å². The first-order chi connectivity index (χ1) is 14.6. The van der Waals surface area contributed by atoms with Gasteiger partial charge in [-0.2, -0.15) is 5.10 Å². The maximum absolute atomic E-state index is 12.6. The molecule has 0 saturated carbocycles. The number of fused-ring (bicyclic) bond motifs is 2. The molecule has 0 unspecified atom stereocenters. The zero-order chi connectivity index (χ0) is 20.7. The minimum atomic E-state index is -0.310. The van der Waals surface area contributed by atoms with Gasteiger partial charge in [0.05, 0.1) is 0 Å². The minimum Gasteiger partial charge on any atom is -0.454 e. The lowest BCUT2D eigenvalue weighted by Crippen LogP contribution is -2.24. The van der Waals surface area contributed by atoms with Gasteiger partial charge in [-0.05, 0) is 35.2 Å². The Morgan fingerprint density at radius 2 is 2.20 bits per heavy atom. The molecule has 5 rings (SSSR count). The number of hydrogen-bond acceptors (Lipinski definition) is 6. The van der Waals surface area contributed by atoms with Crippen LogP contribution in [0, 0.1) is 0 Å². The molecular formula is C21H18N4O4S. The van der Waals surface area contributed by atoms with Crippen molar-refractivity contribution in [2.45, 2.75) is 12.3 Å². The van der Waals surface area contributed by atoms with Gasteiger partial charge in [-0.3, -0.25) is 14.3 Å². The second-order valence-electron chi connectivity index (χ2n) is 6.99. The number of amides is 2. The highest BCUT2D eigenvalue weighted by Crippen LogP contribution is 2.42. The van der Waals surface area contributed by atoms with Crippen molar-refractivity contribution in [2.24, 2.45) is 7.05 Å². The smallest absolute Gasteiger partial charge is 0.249 e. The molecule has 0 radical (unpaired) electrons. The maximum atomic E-state index is 12.6. The van der Waals surface area contributed by atoms with Crippen molar-refractivity contribution in [3.63, 3.8) is 0 Å². The largest absolute Gasteiger partial charge is 0.454 e. The predicted octanol–water partition coefficient (Wildman–Crippen LogP) is 3.34. The number of ether oxygens (including phenoxy) is 2. The Balaban J connectivity index is 1.39. The molecule has 2 N–H and O–H groups in total. The Hall–Kier alpha value is -3.59. The fourth-order valence-corrected chi connectivity index (χ4v) is 4.50. The van der Waals surface area contributed by atoms with E-state index >= 15 is 0 Å². The predicted molar refractivity (Wildman–Crippen MR) is 113 cm³/mol. The van der Waals surface area contributed by atoms with Gasteiger partial charge in [0.1, 0.15) is 5.82 Å². The molecule has 4 heterocycles. The highest BCUT2D eigenvalue weighted by atomic mass is 32.1. The number of anilines is 2. The van der Waals surface area contributed by atoms with E-state index in [1.165, 1.54) is 6.08 Å². The number of benzene rings is 1. The van der Waals surface area contributed by atoms with Crippen LogP contribution >= 0.6 is 11.3 Å². The third-order valence-corrected chi connectivity index (χ3v) is 6.02. The average molecular weight is 422 g/mol. The molecule has 0 fully saturated rings. The molecule has 1 atom stereocenters. The van der Waals surface area contributed by atoms with Crippen molar-refractivity contribution < 1.29 is 19.1 Å². The molecule has 1 aromatic carbocycles. The van der Waals surface area contributed by atoms with Crippen LogP contribution in [-0.4, -0.2) is 28.4 Å². The standard InChI is InChI=1S/C21H18N4O4S/c1-25-21-19(13(10-18(27)23-21)16-3-2-8-30-16)20(24-25)22-17(26)7-5-12-4-6-14-15(9-12)29-11-28-14/h2-9,13H,10-11H2,1H3,(H,23,27)(H,22,24,26)/b7-5-/t13-/m1/s1. The molecule has 3 aromatic rings. The second kappa shape index (κ2) is 7.34. The van der Waals surface area contributed by atoms with Crippen molar-refractivity contribution in [3.8, 4) is 11.5 Å². The van der Waals surface area contributed by atoms with Crippen LogP contribution in [0.4, 0.5) is 11.6 Å². The average Bonchev–Trinajstić information content (AvgIpc) is 3.47. The Morgan fingerprint density at radius 3 is 3.03 bits per heavy atom. The summed E-state index contributed by atoms with van der Waals surface area (Å²) < 4.78 is 12.2. The molecular weight excluding hydrogens is 404 g/mol. The number of nitrogens with one attached hydrogen (secondary N) is 2. The monoisotopic (exact) mass is 422 g/mol. The molecule has 8 nitrogen and oxygen atoms in total. The molecule has 152 valence electrons. The molecule has 0 saturated heterocycles. The van der Waals surface area contributed by atoms with Gasteiger partial charge in [0.15, 0.2) is 17.3 Å². The Morgan fingerprint density at radius 1 is 1.33 bits per heavy atom. The number of nitrogens with zero attached hydrogens (tertiary/aromatic N) is 2. The molecule has 0 bridgehead atoms. The lowest BCUT2D eigenvalue weighted by Gasteiger charge is -2.22. The summed E-state index contributed by atoms with van der Waals surface area (Å²) in [6, 6.07) is 9.42. The Bertz CT molecular complexity index is 1170. The van der Waals surface area contributed by atoms with Gasteiger partial charge in [0, 0.05) is 35.9 Å². The van der Waals surface area contributed by atoms with E-state index < -0.39 is 0 Å². The summed E-state index contributed by atoms with van der Waals surface area (Å²) in [6.07, 6.45) is 3.46. The Kier molecular flexibility index (Phi) is 4.51. The second-order valence-corrected chi connectivity index (χ2v) is 7.97. The van der Waals surface area contributed by atoms with Gasteiger partial charge in [-0.1, -0.05) is 12.1 Å². The van der Waals surface area contributed by atoms with E-state index in [0.29, 0.717) is 29.6 Å². The lowest BCUT2D eigenvalue weighted by atomic mass is 9.92. The van der Waals surface area contributed by atoms with E-state index in [1.54, 1.807) is 29.1 Å². The summed E-state index contributed by atoms with van der Waals surface area (Å²) in [6.45, 7) is 0.204. The van der Waals surface area contributed by atoms with E-state index in [1.807, 2.05) is 35.7 Å². The van der Waals surface area contributed by atoms with Crippen LogP contribution in [0.2, 0.25) is 0 Å². The Labute approximate surface area is 176 Å². The van der Waals surface area contributed by atoms with E-state index in [0.717, 1.165) is 16.0 Å². The zero-order valence-corrected chi connectivity index (χ0v) is 16.9. The summed E-state index contributed by atoms with van der Waals surface area (Å²) in [5.74, 6) is 1.89. The van der Waals surface area contributed by atoms with Gasteiger partial charge in [-0.15, -0.1) is 11.3 Å². The number of carbonyl (C=O) groups excluding carboxylic acids is 2. The lowest BCUT2D eigenvalue weighted by molar-refractivity contribution is -0.116. The fourth-order valence-electron chi connectivity index (χ4n) is 3.66. The van der Waals surface area contributed by atoms with Crippen LogP contribution in [0.5, 0.6) is 11.5 Å². The zero-order valence-electron chi connectivity index (χ0n) is 16.0. The number of thiophene rings is 1. The van der Waals surface area contributed by atoms with Gasteiger partial charge in [-0.25, -0.2) is 0 Å². The molecule has 30 heavy (non-hydrogen) atoms. The summed E-state index contributed by atoms with van der Waals surface area (Å²) in [4.78, 5) is 25.8. The quantitative estimate of drug-likeness (QED) is 0.629. The molecule has 2 aromatic heterocycles. The molecule has 2 aliphatic rings. The number of hydrogen-bond donors (Lipinski definition) is 2. The molecule has 0 spiro atoms. The first-order valence-corrected chi connectivity index (χ1v) is 10.3. The van der Waals surface area contributed by atoms with Crippen molar-refractivity contribution >= 4 is 40.9 Å². The summed E-state index contributed by atoms with van der Waals surface area (Å²) in [5, 5.41) is 12.1. The SMILES string of the molecule is Cn1nc(NC(=O)/C=C\c2ccc3c(c2)OCO3)c2c1NC(=O)C[C@@H]2c1cccs1. The van der Waals surface area contributed by atoms with Crippen LogP contribution in [0.1, 0.15) is 28.3 Å². The number of rotatable bonds is 4. The summed E-state index contributed by atoms with van der Waals surface area (Å²) in [5.41, 5.74) is 1.64. The van der Waals surface area contributed by atoms with Crippen LogP contribution < -0.4 is 20.1 Å². The van der Waals surface area contributed by atoms with E-state index in [4.69, 9.17) is 9.47 Å². The van der Waals surface area contributed by atoms with Crippen molar-refractivity contribution in [1.29, 1.82) is 0 Å². The first kappa shape index (κ1) is 18.4. The van der Waals surface area contributed by atoms with E-state index in [2.05, 4.69) is 15.7 Å².